The van der Waals surface area contributed by atoms with Gasteiger partial charge in [-0.3, -0.25) is 0 Å². The Kier molecular flexibility index (Phi) is 4.61. The van der Waals surface area contributed by atoms with Crippen LogP contribution in [0.2, 0.25) is 0 Å². The zero-order valence-corrected chi connectivity index (χ0v) is 12.8. The van der Waals surface area contributed by atoms with Crippen LogP contribution in [0.3, 0.4) is 0 Å². The van der Waals surface area contributed by atoms with Gasteiger partial charge in [-0.1, -0.05) is 40.2 Å². The second-order valence-corrected chi connectivity index (χ2v) is 5.60. The summed E-state index contributed by atoms with van der Waals surface area (Å²) in [6.07, 6.45) is 0. The summed E-state index contributed by atoms with van der Waals surface area (Å²) in [5.41, 5.74) is 9.43. The van der Waals surface area contributed by atoms with Crippen molar-refractivity contribution in [1.29, 1.82) is 0 Å². The summed E-state index contributed by atoms with van der Waals surface area (Å²) in [6, 6.07) is 14.1. The fourth-order valence-electron chi connectivity index (χ4n) is 1.93. The first-order valence-electron chi connectivity index (χ1n) is 6.30. The predicted molar refractivity (Wildman–Crippen MR) is 82.3 cm³/mol. The van der Waals surface area contributed by atoms with Crippen LogP contribution >= 0.6 is 15.9 Å². The Morgan fingerprint density at radius 3 is 2.63 bits per heavy atom. The van der Waals surface area contributed by atoms with Crippen molar-refractivity contribution < 1.29 is 4.74 Å². The van der Waals surface area contributed by atoms with Gasteiger partial charge >= 0.3 is 0 Å². The fraction of sp³-hybridized carbons (Fsp3) is 0.250. The lowest BCUT2D eigenvalue weighted by molar-refractivity contribution is 0.300. The molecule has 0 aliphatic rings. The molecule has 100 valence electrons. The van der Waals surface area contributed by atoms with E-state index in [2.05, 4.69) is 35.0 Å². The summed E-state index contributed by atoms with van der Waals surface area (Å²) in [5.74, 6) is 0.849. The number of ether oxygens (including phenoxy) is 1. The van der Waals surface area contributed by atoms with Crippen molar-refractivity contribution >= 4 is 15.9 Å². The molecule has 2 rings (SSSR count). The Bertz CT molecular complexity index is 566. The Balaban J connectivity index is 2.18. The maximum atomic E-state index is 5.98. The van der Waals surface area contributed by atoms with Crippen molar-refractivity contribution in [1.82, 2.24) is 0 Å². The standard InChI is InChI=1S/C16H18BrNO/c1-11-5-3-4-6-13(11)10-19-16-8-7-14(17)9-15(16)12(2)18/h3-9,12H,10,18H2,1-2H3. The van der Waals surface area contributed by atoms with Gasteiger partial charge in [0.15, 0.2) is 0 Å². The number of hydrogen-bond donors (Lipinski definition) is 1. The highest BCUT2D eigenvalue weighted by atomic mass is 79.9. The summed E-state index contributed by atoms with van der Waals surface area (Å²) in [7, 11) is 0. The molecule has 1 atom stereocenters. The molecule has 0 saturated carbocycles. The summed E-state index contributed by atoms with van der Waals surface area (Å²) in [5, 5.41) is 0. The van der Waals surface area contributed by atoms with Gasteiger partial charge in [0.1, 0.15) is 12.4 Å². The minimum atomic E-state index is -0.0515. The van der Waals surface area contributed by atoms with Crippen molar-refractivity contribution in [2.75, 3.05) is 0 Å². The molecule has 2 nitrogen and oxygen atoms in total. The van der Waals surface area contributed by atoms with Crippen LogP contribution in [0.25, 0.3) is 0 Å². The van der Waals surface area contributed by atoms with Crippen molar-refractivity contribution in [3.05, 3.63) is 63.6 Å². The van der Waals surface area contributed by atoms with Gasteiger partial charge in [0.25, 0.3) is 0 Å². The summed E-state index contributed by atoms with van der Waals surface area (Å²) < 4.78 is 6.94. The van der Waals surface area contributed by atoms with Crippen LogP contribution < -0.4 is 10.5 Å². The molecule has 0 heterocycles. The van der Waals surface area contributed by atoms with Crippen molar-refractivity contribution in [3.8, 4) is 5.75 Å². The van der Waals surface area contributed by atoms with E-state index in [9.17, 15) is 0 Å². The lowest BCUT2D eigenvalue weighted by atomic mass is 10.1. The molecule has 0 saturated heterocycles. The molecular weight excluding hydrogens is 302 g/mol. The van der Waals surface area contributed by atoms with E-state index >= 15 is 0 Å². The van der Waals surface area contributed by atoms with Gasteiger partial charge in [-0.25, -0.2) is 0 Å². The number of rotatable bonds is 4. The van der Waals surface area contributed by atoms with E-state index < -0.39 is 0 Å². The minimum absolute atomic E-state index is 0.0515. The van der Waals surface area contributed by atoms with E-state index in [1.54, 1.807) is 0 Å². The van der Waals surface area contributed by atoms with E-state index in [0.717, 1.165) is 15.8 Å². The van der Waals surface area contributed by atoms with Crippen molar-refractivity contribution in [3.63, 3.8) is 0 Å². The third kappa shape index (κ3) is 3.58. The molecule has 0 aromatic heterocycles. The first kappa shape index (κ1) is 14.1. The summed E-state index contributed by atoms with van der Waals surface area (Å²) >= 11 is 3.46. The molecule has 0 bridgehead atoms. The van der Waals surface area contributed by atoms with Gasteiger partial charge in [0.05, 0.1) is 0 Å². The first-order chi connectivity index (χ1) is 9.08. The van der Waals surface area contributed by atoms with Gasteiger partial charge in [0.2, 0.25) is 0 Å². The van der Waals surface area contributed by atoms with Gasteiger partial charge in [-0.05, 0) is 43.2 Å². The average Bonchev–Trinajstić information content (AvgIpc) is 2.38. The maximum Gasteiger partial charge on any atom is 0.124 e. The lowest BCUT2D eigenvalue weighted by Gasteiger charge is -2.15. The minimum Gasteiger partial charge on any atom is -0.489 e. The van der Waals surface area contributed by atoms with E-state index in [0.29, 0.717) is 6.61 Å². The molecule has 0 aliphatic carbocycles. The molecule has 2 aromatic rings. The number of halogens is 1. The smallest absolute Gasteiger partial charge is 0.124 e. The van der Waals surface area contributed by atoms with Crippen LogP contribution in [0.5, 0.6) is 5.75 Å². The fourth-order valence-corrected chi connectivity index (χ4v) is 2.31. The Morgan fingerprint density at radius 1 is 1.21 bits per heavy atom. The van der Waals surface area contributed by atoms with Crippen LogP contribution in [0.4, 0.5) is 0 Å². The van der Waals surface area contributed by atoms with Crippen molar-refractivity contribution in [2.24, 2.45) is 5.73 Å². The molecule has 2 aromatic carbocycles. The zero-order chi connectivity index (χ0) is 13.8. The molecule has 0 spiro atoms. The topological polar surface area (TPSA) is 35.2 Å². The summed E-state index contributed by atoms with van der Waals surface area (Å²) in [6.45, 7) is 4.61. The molecule has 0 radical (unpaired) electrons. The molecule has 0 fully saturated rings. The average molecular weight is 320 g/mol. The summed E-state index contributed by atoms with van der Waals surface area (Å²) in [4.78, 5) is 0. The van der Waals surface area contributed by atoms with Crippen LogP contribution in [0.15, 0.2) is 46.9 Å². The zero-order valence-electron chi connectivity index (χ0n) is 11.2. The largest absolute Gasteiger partial charge is 0.489 e. The quantitative estimate of drug-likeness (QED) is 0.908. The van der Waals surface area contributed by atoms with E-state index in [-0.39, 0.29) is 6.04 Å². The third-order valence-electron chi connectivity index (χ3n) is 3.11. The van der Waals surface area contributed by atoms with Crippen molar-refractivity contribution in [2.45, 2.75) is 26.5 Å². The third-order valence-corrected chi connectivity index (χ3v) is 3.60. The van der Waals surface area contributed by atoms with Crippen LogP contribution in [0.1, 0.15) is 29.7 Å². The monoisotopic (exact) mass is 319 g/mol. The number of hydrogen-bond acceptors (Lipinski definition) is 2. The Labute approximate surface area is 122 Å². The van der Waals surface area contributed by atoms with Crippen LogP contribution in [0, 0.1) is 6.92 Å². The second kappa shape index (κ2) is 6.22. The molecule has 3 heteroatoms. The molecule has 2 N–H and O–H groups in total. The second-order valence-electron chi connectivity index (χ2n) is 4.69. The van der Waals surface area contributed by atoms with Gasteiger partial charge in [0, 0.05) is 16.1 Å². The predicted octanol–water partition coefficient (Wildman–Crippen LogP) is 4.36. The molecule has 0 aliphatic heterocycles. The number of nitrogens with two attached hydrogens (primary N) is 1. The normalized spacial score (nSPS) is 12.2. The number of benzene rings is 2. The van der Waals surface area contributed by atoms with Crippen LogP contribution in [-0.4, -0.2) is 0 Å². The Morgan fingerprint density at radius 2 is 1.95 bits per heavy atom. The van der Waals surface area contributed by atoms with E-state index in [4.69, 9.17) is 10.5 Å². The van der Waals surface area contributed by atoms with E-state index in [1.165, 1.54) is 11.1 Å². The molecule has 19 heavy (non-hydrogen) atoms. The lowest BCUT2D eigenvalue weighted by Crippen LogP contribution is -2.08. The van der Waals surface area contributed by atoms with Gasteiger partial charge in [-0.2, -0.15) is 0 Å². The van der Waals surface area contributed by atoms with Crippen LogP contribution in [-0.2, 0) is 6.61 Å². The number of aryl methyl sites for hydroxylation is 1. The SMILES string of the molecule is Cc1ccccc1COc1ccc(Br)cc1C(C)N. The highest BCUT2D eigenvalue weighted by Gasteiger charge is 2.09. The molecular formula is C16H18BrNO. The van der Waals surface area contributed by atoms with Gasteiger partial charge < -0.3 is 10.5 Å². The molecule has 1 unspecified atom stereocenters. The maximum absolute atomic E-state index is 5.98. The molecule has 0 amide bonds. The van der Waals surface area contributed by atoms with Gasteiger partial charge in [-0.15, -0.1) is 0 Å². The highest BCUT2D eigenvalue weighted by molar-refractivity contribution is 9.10. The van der Waals surface area contributed by atoms with E-state index in [1.807, 2.05) is 37.3 Å². The Hall–Kier alpha value is -1.32. The highest BCUT2D eigenvalue weighted by Crippen LogP contribution is 2.28. The first-order valence-corrected chi connectivity index (χ1v) is 7.09.